The fraction of sp³-hybridized carbons (Fsp3) is 0.417. The summed E-state index contributed by atoms with van der Waals surface area (Å²) in [5, 5.41) is 2.85. The summed E-state index contributed by atoms with van der Waals surface area (Å²) in [6, 6.07) is 14.5. The van der Waals surface area contributed by atoms with E-state index in [4.69, 9.17) is 0 Å². The number of amides is 3. The number of hydrogen-bond acceptors (Lipinski definition) is 4. The van der Waals surface area contributed by atoms with E-state index in [1.165, 1.54) is 9.21 Å². The number of aryl methyl sites for hydroxylation is 1. The van der Waals surface area contributed by atoms with E-state index in [0.29, 0.717) is 10.5 Å². The molecular weight excluding hydrogens is 426 g/mol. The van der Waals surface area contributed by atoms with Gasteiger partial charge < -0.3 is 5.32 Å². The van der Waals surface area contributed by atoms with Crippen LogP contribution in [0.3, 0.4) is 0 Å². The summed E-state index contributed by atoms with van der Waals surface area (Å²) in [5.74, 6) is -0.0579. The van der Waals surface area contributed by atoms with E-state index in [9.17, 15) is 18.0 Å². The van der Waals surface area contributed by atoms with Crippen LogP contribution < -0.4 is 5.32 Å². The van der Waals surface area contributed by atoms with E-state index in [2.05, 4.69) is 5.32 Å². The number of sulfonamides is 1. The summed E-state index contributed by atoms with van der Waals surface area (Å²) in [7, 11) is -3.69. The maximum Gasteiger partial charge on any atom is 0.325 e. The summed E-state index contributed by atoms with van der Waals surface area (Å²) in [5.41, 5.74) is 1.51. The van der Waals surface area contributed by atoms with Gasteiger partial charge in [0.25, 0.3) is 5.91 Å². The van der Waals surface area contributed by atoms with Crippen LogP contribution in [0.5, 0.6) is 0 Å². The van der Waals surface area contributed by atoms with Crippen molar-refractivity contribution in [2.45, 2.75) is 56.5 Å². The molecule has 8 heteroatoms. The van der Waals surface area contributed by atoms with Crippen LogP contribution in [0.4, 0.5) is 4.79 Å². The van der Waals surface area contributed by atoms with Gasteiger partial charge in [-0.2, -0.15) is 4.31 Å². The van der Waals surface area contributed by atoms with Gasteiger partial charge in [-0.1, -0.05) is 56.3 Å². The van der Waals surface area contributed by atoms with Crippen LogP contribution in [0, 0.1) is 6.92 Å². The van der Waals surface area contributed by atoms with E-state index in [-0.39, 0.29) is 44.3 Å². The lowest BCUT2D eigenvalue weighted by atomic mass is 9.88. The van der Waals surface area contributed by atoms with Crippen molar-refractivity contribution in [2.75, 3.05) is 13.1 Å². The Morgan fingerprint density at radius 2 is 1.69 bits per heavy atom. The smallest absolute Gasteiger partial charge is 0.323 e. The van der Waals surface area contributed by atoms with E-state index >= 15 is 0 Å². The second-order valence-corrected chi connectivity index (χ2v) is 10.9. The Labute approximate surface area is 189 Å². The quantitative estimate of drug-likeness (QED) is 0.700. The van der Waals surface area contributed by atoms with Gasteiger partial charge in [-0.3, -0.25) is 9.69 Å². The molecule has 2 fully saturated rings. The minimum absolute atomic E-state index is 0.179. The molecule has 32 heavy (non-hydrogen) atoms. The molecule has 1 N–H and O–H groups in total. The number of carbonyl (C=O) groups is 2. The molecule has 0 saturated carbocycles. The summed E-state index contributed by atoms with van der Waals surface area (Å²) >= 11 is 0. The summed E-state index contributed by atoms with van der Waals surface area (Å²) in [6.07, 6.45) is 0.510. The molecule has 1 spiro atoms. The molecule has 2 saturated heterocycles. The zero-order valence-electron chi connectivity index (χ0n) is 18.7. The first-order valence-corrected chi connectivity index (χ1v) is 12.4. The van der Waals surface area contributed by atoms with Crippen LogP contribution in [0.2, 0.25) is 0 Å². The van der Waals surface area contributed by atoms with Crippen LogP contribution in [0.25, 0.3) is 0 Å². The van der Waals surface area contributed by atoms with Crippen LogP contribution in [-0.2, 0) is 21.4 Å². The van der Waals surface area contributed by atoms with Crippen molar-refractivity contribution >= 4 is 22.0 Å². The molecule has 0 unspecified atom stereocenters. The summed E-state index contributed by atoms with van der Waals surface area (Å²) < 4.78 is 28.2. The third-order valence-electron chi connectivity index (χ3n) is 6.50. The highest BCUT2D eigenvalue weighted by Crippen LogP contribution is 2.33. The molecule has 2 aromatic rings. The van der Waals surface area contributed by atoms with E-state index in [1.807, 2.05) is 56.3 Å². The number of nitrogens with one attached hydrogen (secondary N) is 1. The maximum absolute atomic E-state index is 13.4. The van der Waals surface area contributed by atoms with Gasteiger partial charge in [0.1, 0.15) is 5.54 Å². The fourth-order valence-corrected chi connectivity index (χ4v) is 6.13. The largest absolute Gasteiger partial charge is 0.325 e. The van der Waals surface area contributed by atoms with Gasteiger partial charge in [0.15, 0.2) is 0 Å². The van der Waals surface area contributed by atoms with Gasteiger partial charge >= 0.3 is 6.03 Å². The second-order valence-electron chi connectivity index (χ2n) is 8.97. The van der Waals surface area contributed by atoms with Gasteiger partial charge in [0.2, 0.25) is 10.0 Å². The van der Waals surface area contributed by atoms with Crippen molar-refractivity contribution in [3.8, 4) is 0 Å². The van der Waals surface area contributed by atoms with E-state index < -0.39 is 21.6 Å². The average Bonchev–Trinajstić information content (AvgIpc) is 2.98. The number of hydrogen-bond donors (Lipinski definition) is 1. The molecule has 0 radical (unpaired) electrons. The lowest BCUT2D eigenvalue weighted by Crippen LogP contribution is -2.55. The van der Waals surface area contributed by atoms with Crippen molar-refractivity contribution in [3.05, 3.63) is 65.2 Å². The van der Waals surface area contributed by atoms with Gasteiger partial charge in [-0.15, -0.1) is 0 Å². The molecule has 4 rings (SSSR count). The van der Waals surface area contributed by atoms with Crippen molar-refractivity contribution in [1.82, 2.24) is 14.5 Å². The molecule has 2 aromatic carbocycles. The lowest BCUT2D eigenvalue weighted by Gasteiger charge is -2.36. The number of benzene rings is 2. The highest BCUT2D eigenvalue weighted by molar-refractivity contribution is 7.89. The predicted octanol–water partition coefficient (Wildman–Crippen LogP) is 3.39. The highest BCUT2D eigenvalue weighted by Gasteiger charge is 2.53. The molecule has 0 aromatic heterocycles. The predicted molar refractivity (Wildman–Crippen MR) is 122 cm³/mol. The Bertz CT molecular complexity index is 1140. The van der Waals surface area contributed by atoms with Crippen molar-refractivity contribution in [3.63, 3.8) is 0 Å². The molecule has 7 nitrogen and oxygen atoms in total. The third-order valence-corrected chi connectivity index (χ3v) is 8.54. The zero-order valence-corrected chi connectivity index (χ0v) is 19.5. The lowest BCUT2D eigenvalue weighted by molar-refractivity contribution is -0.133. The average molecular weight is 456 g/mol. The molecule has 2 aliphatic rings. The highest BCUT2D eigenvalue weighted by atomic mass is 32.2. The van der Waals surface area contributed by atoms with Crippen LogP contribution in [0.15, 0.2) is 53.4 Å². The van der Waals surface area contributed by atoms with Crippen molar-refractivity contribution in [2.24, 2.45) is 0 Å². The monoisotopic (exact) mass is 455 g/mol. The van der Waals surface area contributed by atoms with E-state index in [0.717, 1.165) is 11.1 Å². The van der Waals surface area contributed by atoms with Gasteiger partial charge in [-0.25, -0.2) is 13.2 Å². The zero-order chi connectivity index (χ0) is 23.1. The normalized spacial score (nSPS) is 19.1. The number of rotatable bonds is 5. The Balaban J connectivity index is 1.51. The first-order chi connectivity index (χ1) is 15.1. The Morgan fingerprint density at radius 1 is 1.03 bits per heavy atom. The third kappa shape index (κ3) is 3.93. The SMILES string of the molecule is Cc1ccc(C(C)C)cc1S(=O)(=O)N1CCC2(CC1)NC(=O)N(Cc1ccccc1)C2=O. The summed E-state index contributed by atoms with van der Waals surface area (Å²) in [6.45, 7) is 6.42. The van der Waals surface area contributed by atoms with Gasteiger partial charge in [-0.05, 0) is 48.4 Å². The molecule has 0 bridgehead atoms. The minimum atomic E-state index is -3.69. The molecule has 2 heterocycles. The standard InChI is InChI=1S/C24H29N3O4S/c1-17(2)20-10-9-18(3)21(15-20)32(30,31)26-13-11-24(12-14-26)22(28)27(23(29)25-24)16-19-7-5-4-6-8-19/h4-10,15,17H,11-14,16H2,1-3H3,(H,25,29). The Morgan fingerprint density at radius 3 is 2.31 bits per heavy atom. The number of urea groups is 1. The second kappa shape index (κ2) is 8.33. The topological polar surface area (TPSA) is 86.8 Å². The minimum Gasteiger partial charge on any atom is -0.323 e. The number of carbonyl (C=O) groups excluding carboxylic acids is 2. The number of imide groups is 1. The Hall–Kier alpha value is -2.71. The van der Waals surface area contributed by atoms with Crippen molar-refractivity contribution in [1.29, 1.82) is 0 Å². The molecule has 2 aliphatic heterocycles. The Kier molecular flexibility index (Phi) is 5.85. The first kappa shape index (κ1) is 22.5. The van der Waals surface area contributed by atoms with Crippen LogP contribution in [0.1, 0.15) is 49.3 Å². The van der Waals surface area contributed by atoms with Gasteiger partial charge in [0.05, 0.1) is 11.4 Å². The molecular formula is C24H29N3O4S. The van der Waals surface area contributed by atoms with Crippen LogP contribution in [-0.4, -0.2) is 48.2 Å². The fourth-order valence-electron chi connectivity index (χ4n) is 4.43. The molecule has 0 atom stereocenters. The number of piperidine rings is 1. The molecule has 170 valence electrons. The molecule has 0 aliphatic carbocycles. The van der Waals surface area contributed by atoms with Crippen molar-refractivity contribution < 1.29 is 18.0 Å². The first-order valence-electron chi connectivity index (χ1n) is 10.9. The number of nitrogens with zero attached hydrogens (tertiary/aromatic N) is 2. The summed E-state index contributed by atoms with van der Waals surface area (Å²) in [4.78, 5) is 27.3. The molecule has 3 amide bonds. The van der Waals surface area contributed by atoms with E-state index in [1.54, 1.807) is 13.0 Å². The maximum atomic E-state index is 13.4. The van der Waals surface area contributed by atoms with Gasteiger partial charge in [0, 0.05) is 13.1 Å². The van der Waals surface area contributed by atoms with Crippen LogP contribution >= 0.6 is 0 Å².